The van der Waals surface area contributed by atoms with Gasteiger partial charge in [0, 0.05) is 11.3 Å². The van der Waals surface area contributed by atoms with Gasteiger partial charge >= 0.3 is 0 Å². The predicted molar refractivity (Wildman–Crippen MR) is 120 cm³/mol. The highest BCUT2D eigenvalue weighted by atomic mass is 16.5. The van der Waals surface area contributed by atoms with Gasteiger partial charge in [0.25, 0.3) is 0 Å². The Balaban J connectivity index is 1.69. The maximum atomic E-state index is 9.83. The zero-order chi connectivity index (χ0) is 22.7. The number of nitrogens with zero attached hydrogens (tertiary/aromatic N) is 2. The SMILES string of the molecule is CCCc1[nH]nc2c1C(c1ccc(OCc3ccc(C)cc3)c(OC)c1)C(C#N)=C(N)O2. The number of nitrogens with two attached hydrogens (primary N) is 1. The molecule has 0 spiro atoms. The monoisotopic (exact) mass is 430 g/mol. The first-order chi connectivity index (χ1) is 15.5. The van der Waals surface area contributed by atoms with E-state index in [1.165, 1.54) is 5.56 Å². The van der Waals surface area contributed by atoms with Crippen molar-refractivity contribution in [2.75, 3.05) is 7.11 Å². The van der Waals surface area contributed by atoms with E-state index in [0.717, 1.165) is 35.2 Å². The second kappa shape index (κ2) is 9.06. The van der Waals surface area contributed by atoms with E-state index in [1.807, 2.05) is 30.3 Å². The Kier molecular flexibility index (Phi) is 6.04. The van der Waals surface area contributed by atoms with Crippen molar-refractivity contribution in [2.24, 2.45) is 5.73 Å². The second-order valence-electron chi connectivity index (χ2n) is 7.78. The van der Waals surface area contributed by atoms with Gasteiger partial charge < -0.3 is 19.9 Å². The molecule has 1 unspecified atom stereocenters. The number of fused-ring (bicyclic) bond motifs is 1. The van der Waals surface area contributed by atoms with Crippen LogP contribution in [0.4, 0.5) is 0 Å². The van der Waals surface area contributed by atoms with Gasteiger partial charge in [-0.25, -0.2) is 0 Å². The summed E-state index contributed by atoms with van der Waals surface area (Å²) in [7, 11) is 1.60. The molecule has 0 saturated carbocycles. The molecule has 1 aromatic heterocycles. The van der Waals surface area contributed by atoms with Crippen molar-refractivity contribution in [1.29, 1.82) is 5.26 Å². The number of benzene rings is 2. The Morgan fingerprint density at radius 2 is 1.97 bits per heavy atom. The van der Waals surface area contributed by atoms with Gasteiger partial charge in [0.2, 0.25) is 11.8 Å². The van der Waals surface area contributed by atoms with Crippen LogP contribution >= 0.6 is 0 Å². The molecular formula is C25H26N4O3. The summed E-state index contributed by atoms with van der Waals surface area (Å²) in [6, 6.07) is 16.1. The molecule has 0 aliphatic carbocycles. The molecule has 0 radical (unpaired) electrons. The quantitative estimate of drug-likeness (QED) is 0.573. The summed E-state index contributed by atoms with van der Waals surface area (Å²) in [5.41, 5.74) is 11.3. The van der Waals surface area contributed by atoms with Crippen molar-refractivity contribution in [2.45, 2.75) is 39.2 Å². The minimum Gasteiger partial charge on any atom is -0.493 e. The third kappa shape index (κ3) is 4.00. The molecule has 2 aromatic carbocycles. The van der Waals surface area contributed by atoms with Crippen LogP contribution < -0.4 is 19.9 Å². The minimum atomic E-state index is -0.399. The first-order valence-electron chi connectivity index (χ1n) is 10.6. The zero-order valence-electron chi connectivity index (χ0n) is 18.4. The number of hydrogen-bond acceptors (Lipinski definition) is 6. The van der Waals surface area contributed by atoms with Gasteiger partial charge in [-0.3, -0.25) is 5.10 Å². The molecule has 32 heavy (non-hydrogen) atoms. The van der Waals surface area contributed by atoms with E-state index in [2.05, 4.69) is 42.2 Å². The predicted octanol–water partition coefficient (Wildman–Crippen LogP) is 4.48. The van der Waals surface area contributed by atoms with Gasteiger partial charge in [-0.15, -0.1) is 5.10 Å². The zero-order valence-corrected chi connectivity index (χ0v) is 18.4. The van der Waals surface area contributed by atoms with Crippen molar-refractivity contribution in [3.63, 3.8) is 0 Å². The largest absolute Gasteiger partial charge is 0.493 e. The van der Waals surface area contributed by atoms with E-state index in [9.17, 15) is 5.26 Å². The molecule has 1 atom stereocenters. The van der Waals surface area contributed by atoms with Crippen LogP contribution in [0.3, 0.4) is 0 Å². The lowest BCUT2D eigenvalue weighted by molar-refractivity contribution is 0.284. The van der Waals surface area contributed by atoms with Crippen LogP contribution in [0, 0.1) is 18.3 Å². The number of nitriles is 1. The number of aromatic amines is 1. The number of H-pyrrole nitrogens is 1. The number of aryl methyl sites for hydroxylation is 2. The van der Waals surface area contributed by atoms with Crippen LogP contribution in [0.2, 0.25) is 0 Å². The lowest BCUT2D eigenvalue weighted by atomic mass is 9.83. The summed E-state index contributed by atoms with van der Waals surface area (Å²) in [4.78, 5) is 0. The van der Waals surface area contributed by atoms with E-state index in [0.29, 0.717) is 29.6 Å². The fourth-order valence-electron chi connectivity index (χ4n) is 3.91. The maximum Gasteiger partial charge on any atom is 0.244 e. The molecule has 1 aliphatic heterocycles. The summed E-state index contributed by atoms with van der Waals surface area (Å²) >= 11 is 0. The van der Waals surface area contributed by atoms with Crippen LogP contribution in [0.15, 0.2) is 53.9 Å². The van der Waals surface area contributed by atoms with Gasteiger partial charge in [0.05, 0.1) is 13.0 Å². The van der Waals surface area contributed by atoms with E-state index in [4.69, 9.17) is 19.9 Å². The molecule has 0 fully saturated rings. The van der Waals surface area contributed by atoms with E-state index in [-0.39, 0.29) is 5.88 Å². The molecule has 3 aromatic rings. The van der Waals surface area contributed by atoms with Crippen LogP contribution in [-0.4, -0.2) is 17.3 Å². The number of methoxy groups -OCH3 is 1. The topological polar surface area (TPSA) is 106 Å². The van der Waals surface area contributed by atoms with Gasteiger partial charge in [-0.05, 0) is 36.6 Å². The van der Waals surface area contributed by atoms with Crippen LogP contribution in [0.25, 0.3) is 0 Å². The number of aromatic nitrogens is 2. The van der Waals surface area contributed by atoms with Gasteiger partial charge in [-0.2, -0.15) is 5.26 Å². The first kappa shape index (κ1) is 21.3. The highest BCUT2D eigenvalue weighted by Crippen LogP contribution is 2.44. The van der Waals surface area contributed by atoms with Crippen molar-refractivity contribution < 1.29 is 14.2 Å². The second-order valence-corrected chi connectivity index (χ2v) is 7.78. The summed E-state index contributed by atoms with van der Waals surface area (Å²) < 4.78 is 17.3. The summed E-state index contributed by atoms with van der Waals surface area (Å²) in [6.07, 6.45) is 1.72. The third-order valence-corrected chi connectivity index (χ3v) is 5.55. The molecule has 0 bridgehead atoms. The molecule has 1 aliphatic rings. The lowest BCUT2D eigenvalue weighted by Gasteiger charge is -2.24. The Bertz CT molecular complexity index is 1190. The number of nitrogens with one attached hydrogen (secondary N) is 1. The van der Waals surface area contributed by atoms with E-state index >= 15 is 0 Å². The number of rotatable bonds is 7. The van der Waals surface area contributed by atoms with Gasteiger partial charge in [0.1, 0.15) is 18.2 Å². The average molecular weight is 431 g/mol. The third-order valence-electron chi connectivity index (χ3n) is 5.55. The Labute approximate surface area is 187 Å². The molecule has 0 saturated heterocycles. The summed E-state index contributed by atoms with van der Waals surface area (Å²) in [5.74, 6) is 1.29. The van der Waals surface area contributed by atoms with Crippen molar-refractivity contribution in [3.8, 4) is 23.4 Å². The van der Waals surface area contributed by atoms with E-state index in [1.54, 1.807) is 7.11 Å². The fraction of sp³-hybridized carbons (Fsp3) is 0.280. The molecule has 3 N–H and O–H groups in total. The Morgan fingerprint density at radius 1 is 1.19 bits per heavy atom. The van der Waals surface area contributed by atoms with Crippen LogP contribution in [0.5, 0.6) is 17.4 Å². The number of hydrogen-bond donors (Lipinski definition) is 2. The van der Waals surface area contributed by atoms with Crippen molar-refractivity contribution in [1.82, 2.24) is 10.2 Å². The standard InChI is InChI=1S/C25H26N4O3/c1-4-5-19-23-22(18(13-26)24(27)32-25(23)29-28-19)17-10-11-20(21(12-17)30-3)31-14-16-8-6-15(2)7-9-16/h6-12,22H,4-5,14,27H2,1-3H3,(H,28,29). The lowest BCUT2D eigenvalue weighted by Crippen LogP contribution is -2.21. The number of ether oxygens (including phenoxy) is 3. The van der Waals surface area contributed by atoms with Crippen LogP contribution in [0.1, 0.15) is 47.2 Å². The van der Waals surface area contributed by atoms with Gasteiger partial charge in [0.15, 0.2) is 11.5 Å². The van der Waals surface area contributed by atoms with Crippen LogP contribution in [-0.2, 0) is 13.0 Å². The molecule has 2 heterocycles. The minimum absolute atomic E-state index is 0.0678. The molecule has 4 rings (SSSR count). The Morgan fingerprint density at radius 3 is 2.66 bits per heavy atom. The fourth-order valence-corrected chi connectivity index (χ4v) is 3.91. The molecule has 0 amide bonds. The van der Waals surface area contributed by atoms with Crippen molar-refractivity contribution in [3.05, 3.63) is 81.9 Å². The molecular weight excluding hydrogens is 404 g/mol. The number of allylic oxidation sites excluding steroid dienone is 1. The first-order valence-corrected chi connectivity index (χ1v) is 10.6. The van der Waals surface area contributed by atoms with Gasteiger partial charge in [-0.1, -0.05) is 49.2 Å². The van der Waals surface area contributed by atoms with Crippen molar-refractivity contribution >= 4 is 0 Å². The molecule has 164 valence electrons. The highest BCUT2D eigenvalue weighted by Gasteiger charge is 2.35. The smallest absolute Gasteiger partial charge is 0.244 e. The highest BCUT2D eigenvalue weighted by molar-refractivity contribution is 5.57. The average Bonchev–Trinajstić information content (AvgIpc) is 3.20. The Hall–Kier alpha value is -3.92. The summed E-state index contributed by atoms with van der Waals surface area (Å²) in [6.45, 7) is 4.57. The normalized spacial score (nSPS) is 15.0. The molecule has 7 heteroatoms. The van der Waals surface area contributed by atoms with E-state index < -0.39 is 5.92 Å². The maximum absolute atomic E-state index is 9.83. The molecule has 7 nitrogen and oxygen atoms in total. The summed E-state index contributed by atoms with van der Waals surface area (Å²) in [5, 5.41) is 17.1.